The molecule has 9 unspecified atom stereocenters. The van der Waals surface area contributed by atoms with E-state index in [1.54, 1.807) is 0 Å². The lowest BCUT2D eigenvalue weighted by molar-refractivity contribution is 0.0451. The SMILES string of the molecule is CC(C)(C#N)C1CCC(C2NNC3CNC4CCC(C5CNCC(N[S+](C)(=O)[O-])C5)CC4C32)CC1. The van der Waals surface area contributed by atoms with Gasteiger partial charge in [0, 0.05) is 31.2 Å². The number of hydrogen-bond acceptors (Lipinski definition) is 7. The minimum absolute atomic E-state index is 0.00844. The Morgan fingerprint density at radius 3 is 2.40 bits per heavy atom. The number of piperidine rings is 2. The van der Waals surface area contributed by atoms with E-state index >= 15 is 0 Å². The Morgan fingerprint density at radius 2 is 1.69 bits per heavy atom. The fraction of sp³-hybridized carbons (Fsp3) is 0.962. The summed E-state index contributed by atoms with van der Waals surface area (Å²) in [5.74, 6) is 3.70. The summed E-state index contributed by atoms with van der Waals surface area (Å²) in [6.07, 6.45) is 10.7. The van der Waals surface area contributed by atoms with E-state index < -0.39 is 10.4 Å². The summed E-state index contributed by atoms with van der Waals surface area (Å²) in [5, 5.41) is 17.0. The number of hydrogen-bond donors (Lipinski definition) is 5. The van der Waals surface area contributed by atoms with Crippen molar-refractivity contribution >= 4 is 10.4 Å². The van der Waals surface area contributed by atoms with Gasteiger partial charge in [-0.1, -0.05) is 4.21 Å². The van der Waals surface area contributed by atoms with E-state index in [9.17, 15) is 14.0 Å². The molecule has 35 heavy (non-hydrogen) atoms. The zero-order valence-electron chi connectivity index (χ0n) is 21.7. The van der Waals surface area contributed by atoms with Crippen molar-refractivity contribution < 1.29 is 8.76 Å². The van der Waals surface area contributed by atoms with Gasteiger partial charge in [-0.3, -0.25) is 10.9 Å². The molecule has 0 radical (unpaired) electrons. The summed E-state index contributed by atoms with van der Waals surface area (Å²) in [4.78, 5) is 0. The van der Waals surface area contributed by atoms with Gasteiger partial charge in [-0.05, 0) is 107 Å². The zero-order chi connectivity index (χ0) is 24.8. The number of hydrazine groups is 1. The molecular formula is C26H46N6O2S. The monoisotopic (exact) mass is 506 g/mol. The van der Waals surface area contributed by atoms with Crippen molar-refractivity contribution in [3.8, 4) is 6.07 Å². The van der Waals surface area contributed by atoms with Gasteiger partial charge in [-0.25, -0.2) is 0 Å². The summed E-state index contributed by atoms with van der Waals surface area (Å²) < 4.78 is 26.4. The van der Waals surface area contributed by atoms with E-state index in [1.165, 1.54) is 38.4 Å². The lowest BCUT2D eigenvalue weighted by Crippen LogP contribution is -2.59. The van der Waals surface area contributed by atoms with Gasteiger partial charge >= 0.3 is 0 Å². The summed E-state index contributed by atoms with van der Waals surface area (Å²) in [7, 11) is -3.18. The molecule has 9 heteroatoms. The van der Waals surface area contributed by atoms with Crippen LogP contribution in [0.2, 0.25) is 0 Å². The number of sulfonamides is 1. The molecule has 0 aromatic rings. The van der Waals surface area contributed by atoms with Gasteiger partial charge in [0.1, 0.15) is 16.7 Å². The van der Waals surface area contributed by atoms with Crippen molar-refractivity contribution in [3.63, 3.8) is 0 Å². The van der Waals surface area contributed by atoms with Gasteiger partial charge in [0.2, 0.25) is 0 Å². The van der Waals surface area contributed by atoms with Crippen molar-refractivity contribution in [2.75, 3.05) is 25.9 Å². The molecule has 0 spiro atoms. The number of nitriles is 1. The molecule has 5 fully saturated rings. The van der Waals surface area contributed by atoms with Gasteiger partial charge in [0.15, 0.2) is 0 Å². The Kier molecular flexibility index (Phi) is 7.64. The van der Waals surface area contributed by atoms with Gasteiger partial charge < -0.3 is 15.2 Å². The second-order valence-corrected chi connectivity index (χ2v) is 14.7. The quantitative estimate of drug-likeness (QED) is 0.361. The van der Waals surface area contributed by atoms with Crippen molar-refractivity contribution in [2.24, 2.45) is 40.9 Å². The van der Waals surface area contributed by atoms with E-state index in [0.717, 1.165) is 38.9 Å². The summed E-state index contributed by atoms with van der Waals surface area (Å²) in [6.45, 7) is 7.00. The second kappa shape index (κ2) is 10.3. The van der Waals surface area contributed by atoms with Gasteiger partial charge in [0.05, 0.1) is 17.5 Å². The largest absolute Gasteiger partial charge is 0.598 e. The maximum absolute atomic E-state index is 11.8. The van der Waals surface area contributed by atoms with Crippen molar-refractivity contribution in [1.82, 2.24) is 26.2 Å². The number of nitrogens with zero attached hydrogens (tertiary/aromatic N) is 1. The molecule has 3 heterocycles. The highest BCUT2D eigenvalue weighted by Gasteiger charge is 2.52. The molecular weight excluding hydrogens is 460 g/mol. The number of rotatable bonds is 5. The average Bonchev–Trinajstić information content (AvgIpc) is 3.28. The predicted octanol–water partition coefficient (Wildman–Crippen LogP) is 1.93. The molecule has 9 atom stereocenters. The number of fused-ring (bicyclic) bond motifs is 3. The highest BCUT2D eigenvalue weighted by molar-refractivity contribution is 7.95. The second-order valence-electron chi connectivity index (χ2n) is 12.9. The Morgan fingerprint density at radius 1 is 0.943 bits per heavy atom. The van der Waals surface area contributed by atoms with Crippen molar-refractivity contribution in [3.05, 3.63) is 0 Å². The zero-order valence-corrected chi connectivity index (χ0v) is 22.5. The van der Waals surface area contributed by atoms with E-state index in [4.69, 9.17) is 0 Å². The van der Waals surface area contributed by atoms with Crippen LogP contribution in [0.15, 0.2) is 0 Å². The summed E-state index contributed by atoms with van der Waals surface area (Å²) >= 11 is 0. The molecule has 3 aliphatic heterocycles. The molecule has 198 valence electrons. The normalized spacial score (nSPS) is 46.1. The first-order valence-electron chi connectivity index (χ1n) is 14.0. The lowest BCUT2D eigenvalue weighted by atomic mass is 9.60. The Balaban J connectivity index is 1.24. The smallest absolute Gasteiger partial charge is 0.120 e. The van der Waals surface area contributed by atoms with Crippen LogP contribution in [0.4, 0.5) is 0 Å². The third kappa shape index (κ3) is 5.64. The van der Waals surface area contributed by atoms with Crippen LogP contribution in [0.1, 0.15) is 65.2 Å². The third-order valence-electron chi connectivity index (χ3n) is 10.4. The van der Waals surface area contributed by atoms with Gasteiger partial charge in [-0.2, -0.15) is 5.26 Å². The molecule has 8 nitrogen and oxygen atoms in total. The molecule has 0 aromatic carbocycles. The molecule has 3 saturated heterocycles. The van der Waals surface area contributed by atoms with Crippen LogP contribution < -0.4 is 26.2 Å². The topological polar surface area (TPSA) is 124 Å². The van der Waals surface area contributed by atoms with Crippen LogP contribution in [0.5, 0.6) is 0 Å². The van der Waals surface area contributed by atoms with Crippen molar-refractivity contribution in [2.45, 2.75) is 89.4 Å². The van der Waals surface area contributed by atoms with Crippen LogP contribution in [0.3, 0.4) is 0 Å². The summed E-state index contributed by atoms with van der Waals surface area (Å²) in [5.41, 5.74) is 7.20. The molecule has 5 rings (SSSR count). The molecule has 0 amide bonds. The van der Waals surface area contributed by atoms with Gasteiger partial charge in [-0.15, -0.1) is 4.72 Å². The lowest BCUT2D eigenvalue weighted by Gasteiger charge is -2.50. The van der Waals surface area contributed by atoms with E-state index in [0.29, 0.717) is 53.6 Å². The maximum Gasteiger partial charge on any atom is 0.120 e. The highest BCUT2D eigenvalue weighted by Crippen LogP contribution is 2.48. The molecule has 5 aliphatic rings. The summed E-state index contributed by atoms with van der Waals surface area (Å²) in [6, 6.07) is 4.16. The fourth-order valence-electron chi connectivity index (χ4n) is 8.47. The standard InChI is InChI=1S/C26H46N6O2S/c1-26(2,15-27)19-7-4-16(5-8-19)25-24-21-11-17(6-9-22(21)29-14-23(24)30-31-25)18-10-20(13-28-12-18)32-35(3,33)34/h16-25,28-31H,4-14H2,1-3H3,(H-,32,33,34). The maximum atomic E-state index is 11.8. The molecule has 2 saturated carbocycles. The highest BCUT2D eigenvalue weighted by atomic mass is 32.3. The third-order valence-corrected chi connectivity index (χ3v) is 11.1. The van der Waals surface area contributed by atoms with E-state index in [2.05, 4.69) is 46.1 Å². The van der Waals surface area contributed by atoms with Crippen LogP contribution in [-0.4, -0.2) is 54.6 Å². The predicted molar refractivity (Wildman–Crippen MR) is 137 cm³/mol. The first-order chi connectivity index (χ1) is 16.6. The average molecular weight is 507 g/mol. The Bertz CT molecular complexity index is 834. The Labute approximate surface area is 212 Å². The van der Waals surface area contributed by atoms with Gasteiger partial charge in [0.25, 0.3) is 0 Å². The minimum Gasteiger partial charge on any atom is -0.598 e. The minimum atomic E-state index is -3.18. The molecule has 2 aliphatic carbocycles. The van der Waals surface area contributed by atoms with E-state index in [-0.39, 0.29) is 11.5 Å². The van der Waals surface area contributed by atoms with Crippen LogP contribution in [-0.2, 0) is 14.6 Å². The molecule has 0 aromatic heterocycles. The van der Waals surface area contributed by atoms with Crippen molar-refractivity contribution in [1.29, 1.82) is 5.26 Å². The first kappa shape index (κ1) is 26.0. The fourth-order valence-corrected chi connectivity index (χ4v) is 9.26. The number of nitrogens with one attached hydrogen (secondary N) is 5. The van der Waals surface area contributed by atoms with Crippen LogP contribution >= 0.6 is 0 Å². The van der Waals surface area contributed by atoms with Crippen LogP contribution in [0, 0.1) is 52.3 Å². The van der Waals surface area contributed by atoms with E-state index in [1.807, 2.05) is 0 Å². The first-order valence-corrected chi connectivity index (χ1v) is 15.9. The Hall–Kier alpha value is -0.600. The molecule has 5 N–H and O–H groups in total. The molecule has 0 bridgehead atoms. The van der Waals surface area contributed by atoms with Crippen LogP contribution in [0.25, 0.3) is 0 Å².